The monoisotopic (exact) mass is 469 g/mol. The van der Waals surface area contributed by atoms with Gasteiger partial charge in [-0.2, -0.15) is 0 Å². The van der Waals surface area contributed by atoms with E-state index in [1.165, 1.54) is 16.7 Å². The molecule has 0 fully saturated rings. The van der Waals surface area contributed by atoms with E-state index >= 15 is 0 Å². The summed E-state index contributed by atoms with van der Waals surface area (Å²) < 4.78 is 10.9. The summed E-state index contributed by atoms with van der Waals surface area (Å²) in [4.78, 5) is 14.6. The van der Waals surface area contributed by atoms with Crippen LogP contribution in [0.5, 0.6) is 5.75 Å². The molecule has 2 aromatic carbocycles. The van der Waals surface area contributed by atoms with Crippen LogP contribution in [0, 0.1) is 11.8 Å². The number of carbonyl (C=O) groups excluding carboxylic acids is 1. The lowest BCUT2D eigenvalue weighted by molar-refractivity contribution is 0.0459. The van der Waals surface area contributed by atoms with Crippen LogP contribution in [0.15, 0.2) is 60.2 Å². The van der Waals surface area contributed by atoms with E-state index in [1.807, 2.05) is 50.2 Å². The number of methoxy groups -OCH3 is 1. The Morgan fingerprint density at radius 3 is 2.61 bits per heavy atom. The minimum Gasteiger partial charge on any atom is -0.497 e. The molecule has 1 aliphatic carbocycles. The van der Waals surface area contributed by atoms with Gasteiger partial charge in [0.1, 0.15) is 5.75 Å². The molecule has 0 amide bonds. The van der Waals surface area contributed by atoms with Crippen LogP contribution >= 0.6 is 12.4 Å². The van der Waals surface area contributed by atoms with Gasteiger partial charge in [-0.25, -0.2) is 4.79 Å². The minimum atomic E-state index is -0.263. The van der Waals surface area contributed by atoms with Crippen molar-refractivity contribution in [1.82, 2.24) is 4.90 Å². The molecule has 0 aromatic heterocycles. The van der Waals surface area contributed by atoms with Gasteiger partial charge in [0, 0.05) is 6.54 Å². The van der Waals surface area contributed by atoms with Crippen molar-refractivity contribution in [2.75, 3.05) is 34.4 Å². The number of hydrogen-bond acceptors (Lipinski definition) is 4. The van der Waals surface area contributed by atoms with Crippen molar-refractivity contribution in [3.63, 3.8) is 0 Å². The fourth-order valence-corrected chi connectivity index (χ4v) is 4.05. The second kappa shape index (κ2) is 12.6. The van der Waals surface area contributed by atoms with Gasteiger partial charge in [0.2, 0.25) is 0 Å². The zero-order valence-electron chi connectivity index (χ0n) is 20.3. The molecule has 0 bridgehead atoms. The first kappa shape index (κ1) is 26.7. The fraction of sp³-hybridized carbons (Fsp3) is 0.393. The van der Waals surface area contributed by atoms with E-state index in [0.29, 0.717) is 24.0 Å². The first-order valence-electron chi connectivity index (χ1n) is 11.3. The highest BCUT2D eigenvalue weighted by atomic mass is 35.5. The Morgan fingerprint density at radius 2 is 1.91 bits per heavy atom. The number of nitrogens with zero attached hydrogens (tertiary/aromatic N) is 1. The third kappa shape index (κ3) is 7.76. The van der Waals surface area contributed by atoms with Gasteiger partial charge in [-0.15, -0.1) is 12.4 Å². The van der Waals surface area contributed by atoms with Crippen molar-refractivity contribution >= 4 is 30.0 Å². The van der Waals surface area contributed by atoms with Gasteiger partial charge in [0.15, 0.2) is 0 Å². The number of ether oxygens (including phenoxy) is 2. The smallest absolute Gasteiger partial charge is 0.338 e. The van der Waals surface area contributed by atoms with Gasteiger partial charge in [0.05, 0.1) is 19.3 Å². The molecular formula is C28H36ClNO3. The molecule has 0 N–H and O–H groups in total. The average molecular weight is 470 g/mol. The lowest BCUT2D eigenvalue weighted by atomic mass is 9.81. The largest absolute Gasteiger partial charge is 0.497 e. The summed E-state index contributed by atoms with van der Waals surface area (Å²) >= 11 is 0. The van der Waals surface area contributed by atoms with Crippen LogP contribution < -0.4 is 4.74 Å². The third-order valence-corrected chi connectivity index (χ3v) is 5.57. The van der Waals surface area contributed by atoms with Gasteiger partial charge in [-0.05, 0) is 85.3 Å². The third-order valence-electron chi connectivity index (χ3n) is 5.57. The molecule has 0 saturated heterocycles. The lowest BCUT2D eigenvalue weighted by Gasteiger charge is -2.29. The Kier molecular flexibility index (Phi) is 10.2. The van der Waals surface area contributed by atoms with Crippen molar-refractivity contribution in [2.24, 2.45) is 11.8 Å². The summed E-state index contributed by atoms with van der Waals surface area (Å²) in [6.45, 7) is 5.51. The molecule has 0 saturated carbocycles. The molecule has 1 unspecified atom stereocenters. The summed E-state index contributed by atoms with van der Waals surface area (Å²) in [7, 11) is 5.95. The molecule has 33 heavy (non-hydrogen) atoms. The van der Waals surface area contributed by atoms with Gasteiger partial charge >= 0.3 is 5.97 Å². The van der Waals surface area contributed by atoms with Crippen molar-refractivity contribution in [2.45, 2.75) is 26.7 Å². The van der Waals surface area contributed by atoms with E-state index in [4.69, 9.17) is 9.47 Å². The summed E-state index contributed by atoms with van der Waals surface area (Å²) in [6, 6.07) is 16.0. The van der Waals surface area contributed by atoms with Crippen molar-refractivity contribution in [1.29, 1.82) is 0 Å². The molecule has 1 aliphatic rings. The second-order valence-electron chi connectivity index (χ2n) is 9.17. The molecule has 4 nitrogen and oxygen atoms in total. The van der Waals surface area contributed by atoms with Crippen LogP contribution in [0.4, 0.5) is 0 Å². The Hall–Kier alpha value is -2.56. The van der Waals surface area contributed by atoms with Crippen LogP contribution in [0.25, 0.3) is 11.6 Å². The lowest BCUT2D eigenvalue weighted by Crippen LogP contribution is -2.24. The number of benzene rings is 2. The maximum absolute atomic E-state index is 12.4. The highest BCUT2D eigenvalue weighted by Gasteiger charge is 2.22. The summed E-state index contributed by atoms with van der Waals surface area (Å²) in [5.74, 6) is 1.39. The van der Waals surface area contributed by atoms with Crippen molar-refractivity contribution in [3.05, 3.63) is 76.9 Å². The molecule has 0 aliphatic heterocycles. The van der Waals surface area contributed by atoms with E-state index < -0.39 is 0 Å². The van der Waals surface area contributed by atoms with Crippen molar-refractivity contribution < 1.29 is 14.3 Å². The number of esters is 1. The van der Waals surface area contributed by atoms with Gasteiger partial charge in [-0.3, -0.25) is 0 Å². The van der Waals surface area contributed by atoms with Crippen LogP contribution in [0.1, 0.15) is 48.2 Å². The van der Waals surface area contributed by atoms with E-state index in [9.17, 15) is 4.79 Å². The first-order chi connectivity index (χ1) is 15.4. The SMILES string of the molecule is COc1cccc(C2=C/C(=C\c3cccc(C(=O)OCC(C)C)c3)CCC2CN(C)C)c1.Cl. The van der Waals surface area contributed by atoms with Gasteiger partial charge in [0.25, 0.3) is 0 Å². The van der Waals surface area contributed by atoms with E-state index in [-0.39, 0.29) is 18.4 Å². The summed E-state index contributed by atoms with van der Waals surface area (Å²) in [6.07, 6.45) is 6.60. The van der Waals surface area contributed by atoms with Gasteiger partial charge in [-0.1, -0.05) is 50.3 Å². The van der Waals surface area contributed by atoms with Crippen LogP contribution in [-0.2, 0) is 4.74 Å². The molecule has 0 radical (unpaired) electrons. The molecule has 0 heterocycles. The van der Waals surface area contributed by atoms with Crippen LogP contribution in [0.3, 0.4) is 0 Å². The highest BCUT2D eigenvalue weighted by molar-refractivity contribution is 5.90. The average Bonchev–Trinajstić information content (AvgIpc) is 2.78. The molecular weight excluding hydrogens is 434 g/mol. The topological polar surface area (TPSA) is 38.8 Å². The molecule has 1 atom stereocenters. The molecule has 2 aromatic rings. The minimum absolute atomic E-state index is 0. The van der Waals surface area contributed by atoms with Crippen LogP contribution in [-0.4, -0.2) is 45.2 Å². The number of rotatable bonds is 8. The number of allylic oxidation sites excluding steroid dienone is 2. The zero-order valence-corrected chi connectivity index (χ0v) is 21.2. The molecule has 5 heteroatoms. The standard InChI is InChI=1S/C28H35NO3.ClH/c1-20(2)19-32-28(30)24-10-6-8-21(15-24)14-22-12-13-25(18-29(3)4)27(16-22)23-9-7-11-26(17-23)31-5;/h6-11,14-17,20,25H,12-13,18-19H2,1-5H3;1H/b22-14-;. The fourth-order valence-electron chi connectivity index (χ4n) is 4.05. The Labute approximate surface area is 204 Å². The highest BCUT2D eigenvalue weighted by Crippen LogP contribution is 2.37. The Balaban J connectivity index is 0.00000385. The van der Waals surface area contributed by atoms with E-state index in [1.54, 1.807) is 7.11 Å². The summed E-state index contributed by atoms with van der Waals surface area (Å²) in [5.41, 5.74) is 5.42. The van der Waals surface area contributed by atoms with E-state index in [2.05, 4.69) is 43.3 Å². The predicted octanol–water partition coefficient (Wildman–Crippen LogP) is 6.37. The first-order valence-corrected chi connectivity index (χ1v) is 11.3. The molecule has 3 rings (SSSR count). The quantitative estimate of drug-likeness (QED) is 0.421. The second-order valence-corrected chi connectivity index (χ2v) is 9.17. The number of hydrogen-bond donors (Lipinski definition) is 0. The molecule has 0 spiro atoms. The predicted molar refractivity (Wildman–Crippen MR) is 139 cm³/mol. The molecule has 178 valence electrons. The number of carbonyl (C=O) groups is 1. The Bertz CT molecular complexity index is 994. The number of halogens is 1. The van der Waals surface area contributed by atoms with Gasteiger partial charge < -0.3 is 14.4 Å². The normalized spacial score (nSPS) is 17.0. The maximum atomic E-state index is 12.4. The summed E-state index contributed by atoms with van der Waals surface area (Å²) in [5, 5.41) is 0. The Morgan fingerprint density at radius 1 is 1.15 bits per heavy atom. The van der Waals surface area contributed by atoms with Crippen LogP contribution in [0.2, 0.25) is 0 Å². The maximum Gasteiger partial charge on any atom is 0.338 e. The van der Waals surface area contributed by atoms with E-state index in [0.717, 1.165) is 30.7 Å². The zero-order chi connectivity index (χ0) is 23.1. The van der Waals surface area contributed by atoms with Crippen molar-refractivity contribution in [3.8, 4) is 5.75 Å².